The van der Waals surface area contributed by atoms with E-state index in [1.807, 2.05) is 43.3 Å². The Bertz CT molecular complexity index is 1570. The van der Waals surface area contributed by atoms with Crippen molar-refractivity contribution in [2.75, 3.05) is 12.4 Å². The van der Waals surface area contributed by atoms with Crippen molar-refractivity contribution in [3.63, 3.8) is 0 Å². The number of aryl methyl sites for hydroxylation is 1. The molecule has 4 aromatic rings. The van der Waals surface area contributed by atoms with Gasteiger partial charge in [0.1, 0.15) is 36.9 Å². The van der Waals surface area contributed by atoms with E-state index in [0.29, 0.717) is 40.9 Å². The van der Waals surface area contributed by atoms with Gasteiger partial charge in [0, 0.05) is 29.1 Å². The Morgan fingerprint density at radius 1 is 1.25 bits per heavy atom. The minimum Gasteiger partial charge on any atom is -0.489 e. The summed E-state index contributed by atoms with van der Waals surface area (Å²) in [4.78, 5) is 28.1. The molecule has 1 fully saturated rings. The third kappa shape index (κ3) is 5.49. The maximum absolute atomic E-state index is 12.3. The van der Waals surface area contributed by atoms with E-state index >= 15 is 0 Å². The van der Waals surface area contributed by atoms with Gasteiger partial charge in [0.05, 0.1) is 6.33 Å². The first-order valence-corrected chi connectivity index (χ1v) is 12.7. The van der Waals surface area contributed by atoms with Gasteiger partial charge < -0.3 is 25.2 Å². The molecule has 0 spiro atoms. The van der Waals surface area contributed by atoms with Gasteiger partial charge in [-0.15, -0.1) is 0 Å². The van der Waals surface area contributed by atoms with Gasteiger partial charge in [-0.1, -0.05) is 46.5 Å². The van der Waals surface area contributed by atoms with Crippen LogP contribution < -0.4 is 15.4 Å². The van der Waals surface area contributed by atoms with Crippen molar-refractivity contribution in [2.45, 2.75) is 44.6 Å². The van der Waals surface area contributed by atoms with Crippen LogP contribution in [0.2, 0.25) is 5.02 Å². The summed E-state index contributed by atoms with van der Waals surface area (Å²) in [7, 11) is 1.43. The van der Waals surface area contributed by atoms with E-state index in [1.54, 1.807) is 6.07 Å². The van der Waals surface area contributed by atoms with Crippen molar-refractivity contribution in [1.29, 1.82) is 0 Å². The lowest BCUT2D eigenvalue weighted by Gasteiger charge is -2.17. The summed E-state index contributed by atoms with van der Waals surface area (Å²) in [6.07, 6.45) is -0.799. The molecule has 2 aromatic heterocycles. The lowest BCUT2D eigenvalue weighted by molar-refractivity contribution is -0.134. The number of aliphatic hydroxyl groups is 1. The molecule has 0 radical (unpaired) electrons. The predicted octanol–water partition coefficient (Wildman–Crippen LogP) is 3.66. The average molecular weight is 564 g/mol. The second-order valence-corrected chi connectivity index (χ2v) is 9.61. The zero-order valence-corrected chi connectivity index (χ0v) is 22.4. The summed E-state index contributed by atoms with van der Waals surface area (Å²) in [5.41, 5.74) is 12.7. The minimum absolute atomic E-state index is 0.322. The molecule has 40 heavy (non-hydrogen) atoms. The molecule has 2 aromatic carbocycles. The summed E-state index contributed by atoms with van der Waals surface area (Å²) in [5, 5.41) is 20.7. The van der Waals surface area contributed by atoms with Crippen molar-refractivity contribution >= 4 is 34.5 Å². The van der Waals surface area contributed by atoms with E-state index < -0.39 is 30.4 Å². The highest BCUT2D eigenvalue weighted by molar-refractivity contribution is 6.30. The zero-order chi connectivity index (χ0) is 28.2. The van der Waals surface area contributed by atoms with Crippen molar-refractivity contribution in [1.82, 2.24) is 24.8 Å². The Labute approximate surface area is 233 Å². The number of likely N-dealkylation sites (N-methyl/N-ethyl adjacent to an activating group) is 1. The first-order valence-electron chi connectivity index (χ1n) is 12.4. The van der Waals surface area contributed by atoms with Gasteiger partial charge in [-0.2, -0.15) is 0 Å². The summed E-state index contributed by atoms with van der Waals surface area (Å²) in [6, 6.07) is 12.4. The second kappa shape index (κ2) is 11.8. The van der Waals surface area contributed by atoms with Gasteiger partial charge in [-0.05, 0) is 36.2 Å². The number of carbonyl (C=O) groups is 1. The van der Waals surface area contributed by atoms with Gasteiger partial charge in [-0.25, -0.2) is 15.0 Å². The van der Waals surface area contributed by atoms with Crippen LogP contribution in [0.25, 0.3) is 21.6 Å². The Kier molecular flexibility index (Phi) is 7.99. The third-order valence-electron chi connectivity index (χ3n) is 6.54. The number of amides is 1. The Morgan fingerprint density at radius 2 is 2.05 bits per heavy atom. The summed E-state index contributed by atoms with van der Waals surface area (Å²) < 4.78 is 13.4. The van der Waals surface area contributed by atoms with Crippen LogP contribution >= 0.6 is 11.6 Å². The molecule has 1 aliphatic heterocycles. The number of fused-ring (bicyclic) bond motifs is 1. The van der Waals surface area contributed by atoms with Gasteiger partial charge >= 0.3 is 0 Å². The highest BCUT2D eigenvalue weighted by atomic mass is 35.5. The average Bonchev–Trinajstić information content (AvgIpc) is 3.53. The SMILES string of the molecule is CNC(=O)[C@H]1O[C@@H](n2cnc3c(NCc4cc(Cl)ccc4OCc4ccc(C)cc4)ncnc32)[C@H](O)[C@@H]1N=[N+]=[N-]. The highest BCUT2D eigenvalue weighted by Crippen LogP contribution is 2.34. The standard InChI is InChI=1S/C26H26ClN9O4/c1-14-3-5-15(6-4-14)11-39-18-8-7-17(27)9-16(18)10-30-23-20-24(32-12-31-23)36(13-33-20)26-21(37)19(34-35-28)22(40-26)25(38)29-2/h3-9,12-13,19,21-22,26,37H,10-11H2,1-2H3,(H,29,38)(H,30,31,32)/t19-,21+,22-,26+/m0/s1. The van der Waals surface area contributed by atoms with E-state index in [1.165, 1.54) is 29.8 Å². The first-order chi connectivity index (χ1) is 19.4. The number of imidazole rings is 1. The number of aromatic nitrogens is 4. The number of ether oxygens (including phenoxy) is 2. The minimum atomic E-state index is -1.32. The molecule has 1 saturated heterocycles. The van der Waals surface area contributed by atoms with Crippen LogP contribution in [0.1, 0.15) is 22.9 Å². The van der Waals surface area contributed by atoms with E-state index in [4.69, 9.17) is 26.6 Å². The number of nitrogens with one attached hydrogen (secondary N) is 2. The number of carbonyl (C=O) groups excluding carboxylic acids is 1. The monoisotopic (exact) mass is 563 g/mol. The molecule has 13 nitrogen and oxygen atoms in total. The van der Waals surface area contributed by atoms with Crippen LogP contribution in [0.5, 0.6) is 5.75 Å². The summed E-state index contributed by atoms with van der Waals surface area (Å²) in [5.74, 6) is 0.567. The molecule has 0 saturated carbocycles. The van der Waals surface area contributed by atoms with Gasteiger partial charge in [0.25, 0.3) is 0 Å². The Hall–Kier alpha value is -4.42. The fourth-order valence-electron chi connectivity index (χ4n) is 4.46. The molecule has 0 bridgehead atoms. The molecule has 14 heteroatoms. The number of anilines is 1. The number of hydrogen-bond donors (Lipinski definition) is 3. The summed E-state index contributed by atoms with van der Waals surface area (Å²) >= 11 is 6.28. The lowest BCUT2D eigenvalue weighted by atomic mass is 10.1. The predicted molar refractivity (Wildman–Crippen MR) is 147 cm³/mol. The van der Waals surface area contributed by atoms with Crippen LogP contribution in [-0.4, -0.2) is 55.8 Å². The topological polar surface area (TPSA) is 172 Å². The number of aliphatic hydroxyl groups excluding tert-OH is 1. The molecule has 206 valence electrons. The number of benzene rings is 2. The fraction of sp³-hybridized carbons (Fsp3) is 0.308. The van der Waals surface area contributed by atoms with Gasteiger partial charge in [0.2, 0.25) is 5.91 Å². The smallest absolute Gasteiger partial charge is 0.249 e. The molecule has 1 amide bonds. The number of halogens is 1. The number of hydrogen-bond acceptors (Lipinski definition) is 9. The number of nitrogens with zero attached hydrogens (tertiary/aromatic N) is 7. The largest absolute Gasteiger partial charge is 0.489 e. The van der Waals surface area contributed by atoms with Crippen molar-refractivity contribution < 1.29 is 19.4 Å². The van der Waals surface area contributed by atoms with Crippen LogP contribution in [0.4, 0.5) is 5.82 Å². The highest BCUT2D eigenvalue weighted by Gasteiger charge is 2.48. The molecule has 0 aliphatic carbocycles. The zero-order valence-electron chi connectivity index (χ0n) is 21.6. The number of azide groups is 1. The molecular formula is C26H26ClN9O4. The third-order valence-corrected chi connectivity index (χ3v) is 6.78. The second-order valence-electron chi connectivity index (χ2n) is 9.17. The Morgan fingerprint density at radius 3 is 2.80 bits per heavy atom. The van der Waals surface area contributed by atoms with E-state index in [0.717, 1.165) is 11.1 Å². The van der Waals surface area contributed by atoms with Crippen LogP contribution in [-0.2, 0) is 22.7 Å². The normalized spacial score (nSPS) is 20.2. The molecule has 4 atom stereocenters. The molecular weight excluding hydrogens is 538 g/mol. The number of rotatable bonds is 9. The van der Waals surface area contributed by atoms with Gasteiger partial charge in [-0.3, -0.25) is 9.36 Å². The molecule has 0 unspecified atom stereocenters. The van der Waals surface area contributed by atoms with E-state index in [-0.39, 0.29) is 0 Å². The summed E-state index contributed by atoms with van der Waals surface area (Å²) in [6.45, 7) is 2.75. The molecule has 3 N–H and O–H groups in total. The van der Waals surface area contributed by atoms with Crippen LogP contribution in [0, 0.1) is 6.92 Å². The fourth-order valence-corrected chi connectivity index (χ4v) is 4.65. The van der Waals surface area contributed by atoms with Crippen molar-refractivity contribution in [2.24, 2.45) is 5.11 Å². The van der Waals surface area contributed by atoms with Gasteiger partial charge in [0.15, 0.2) is 23.2 Å². The van der Waals surface area contributed by atoms with Crippen molar-refractivity contribution in [3.05, 3.63) is 87.3 Å². The maximum atomic E-state index is 12.3. The van der Waals surface area contributed by atoms with Crippen LogP contribution in [0.3, 0.4) is 0 Å². The molecule has 5 rings (SSSR count). The Balaban J connectivity index is 1.36. The van der Waals surface area contributed by atoms with E-state index in [9.17, 15) is 9.90 Å². The van der Waals surface area contributed by atoms with Crippen LogP contribution in [0.15, 0.2) is 60.2 Å². The molecule has 3 heterocycles. The van der Waals surface area contributed by atoms with E-state index in [2.05, 4.69) is 35.6 Å². The van der Waals surface area contributed by atoms with Crippen molar-refractivity contribution in [3.8, 4) is 5.75 Å². The quantitative estimate of drug-likeness (QED) is 0.157. The maximum Gasteiger partial charge on any atom is 0.249 e. The first kappa shape index (κ1) is 27.2. The molecule has 1 aliphatic rings. The lowest BCUT2D eigenvalue weighted by Crippen LogP contribution is -2.40.